The number of nitrogens with two attached hydrogens (primary N) is 1. The van der Waals surface area contributed by atoms with Crippen LogP contribution in [-0.4, -0.2) is 43.6 Å². The van der Waals surface area contributed by atoms with Gasteiger partial charge in [0.2, 0.25) is 5.95 Å². The third-order valence-electron chi connectivity index (χ3n) is 5.81. The molecule has 4 heterocycles. The van der Waals surface area contributed by atoms with Gasteiger partial charge in [0.1, 0.15) is 11.5 Å². The van der Waals surface area contributed by atoms with Crippen LogP contribution < -0.4 is 5.73 Å². The molecule has 5 rings (SSSR count). The van der Waals surface area contributed by atoms with Crippen molar-refractivity contribution in [1.29, 1.82) is 0 Å². The molecule has 1 saturated carbocycles. The molecule has 0 spiro atoms. The van der Waals surface area contributed by atoms with Crippen LogP contribution in [0.5, 0.6) is 0 Å². The predicted molar refractivity (Wildman–Crippen MR) is 106 cm³/mol. The zero-order valence-electron chi connectivity index (χ0n) is 15.2. The Morgan fingerprint density at radius 1 is 1.15 bits per heavy atom. The van der Waals surface area contributed by atoms with Crippen LogP contribution in [0.15, 0.2) is 30.7 Å². The number of hydrogen-bond acceptors (Lipinski definition) is 5. The van der Waals surface area contributed by atoms with Crippen molar-refractivity contribution in [3.05, 3.63) is 42.0 Å². The quantitative estimate of drug-likeness (QED) is 0.729. The largest absolute Gasteiger partial charge is 0.368 e. The first-order chi connectivity index (χ1) is 13.2. The Balaban J connectivity index is 1.57. The highest BCUT2D eigenvalue weighted by Crippen LogP contribution is 2.38. The minimum atomic E-state index is 0.264. The molecule has 6 heteroatoms. The third kappa shape index (κ3) is 2.94. The fourth-order valence-electron chi connectivity index (χ4n) is 4.25. The maximum atomic E-state index is 5.81. The first kappa shape index (κ1) is 16.3. The van der Waals surface area contributed by atoms with Gasteiger partial charge in [0.05, 0.1) is 5.52 Å². The van der Waals surface area contributed by atoms with Crippen LogP contribution in [0, 0.1) is 12.3 Å². The van der Waals surface area contributed by atoms with Crippen LogP contribution >= 0.6 is 0 Å². The van der Waals surface area contributed by atoms with Crippen molar-refractivity contribution >= 4 is 16.9 Å². The van der Waals surface area contributed by atoms with Crippen molar-refractivity contribution in [3.8, 4) is 18.2 Å². The SMILES string of the molecule is C#Cc1cc2c(cn1)c(C1CCN(C3CC3)CC1)cn2-c1ccnc(N)n1. The first-order valence-electron chi connectivity index (χ1n) is 9.53. The minimum Gasteiger partial charge on any atom is -0.368 e. The summed E-state index contributed by atoms with van der Waals surface area (Å²) in [7, 11) is 0. The highest BCUT2D eigenvalue weighted by Gasteiger charge is 2.33. The van der Waals surface area contributed by atoms with Gasteiger partial charge in [-0.1, -0.05) is 5.92 Å². The summed E-state index contributed by atoms with van der Waals surface area (Å²) in [5.74, 6) is 4.18. The molecule has 0 aromatic carbocycles. The van der Waals surface area contributed by atoms with Crippen molar-refractivity contribution < 1.29 is 0 Å². The Bertz CT molecular complexity index is 1030. The molecule has 2 N–H and O–H groups in total. The summed E-state index contributed by atoms with van der Waals surface area (Å²) in [5.41, 5.74) is 8.78. The molecule has 0 atom stereocenters. The lowest BCUT2D eigenvalue weighted by molar-refractivity contribution is 0.204. The van der Waals surface area contributed by atoms with E-state index in [0.29, 0.717) is 11.6 Å². The number of terminal acetylenes is 1. The molecule has 0 bridgehead atoms. The second-order valence-electron chi connectivity index (χ2n) is 7.50. The minimum absolute atomic E-state index is 0.264. The molecule has 1 aliphatic heterocycles. The number of nitrogens with zero attached hydrogens (tertiary/aromatic N) is 5. The molecular weight excluding hydrogens is 336 g/mol. The topological polar surface area (TPSA) is 72.9 Å². The Hall–Kier alpha value is -2.91. The molecular formula is C21H22N6. The van der Waals surface area contributed by atoms with Gasteiger partial charge in [-0.25, -0.2) is 9.97 Å². The zero-order valence-corrected chi connectivity index (χ0v) is 15.2. The lowest BCUT2D eigenvalue weighted by Gasteiger charge is -2.31. The molecule has 0 amide bonds. The van der Waals surface area contributed by atoms with E-state index in [0.717, 1.165) is 22.8 Å². The summed E-state index contributed by atoms with van der Waals surface area (Å²) in [6.45, 7) is 2.36. The summed E-state index contributed by atoms with van der Waals surface area (Å²) in [5, 5.41) is 1.15. The predicted octanol–water partition coefficient (Wildman–Crippen LogP) is 2.72. The average molecular weight is 358 g/mol. The maximum Gasteiger partial charge on any atom is 0.221 e. The average Bonchev–Trinajstić information content (AvgIpc) is 3.48. The summed E-state index contributed by atoms with van der Waals surface area (Å²) in [6, 6.07) is 4.66. The summed E-state index contributed by atoms with van der Waals surface area (Å²) in [6.07, 6.45) is 16.5. The Labute approximate surface area is 158 Å². The number of hydrogen-bond donors (Lipinski definition) is 1. The van der Waals surface area contributed by atoms with Crippen molar-refractivity contribution in [2.24, 2.45) is 0 Å². The van der Waals surface area contributed by atoms with E-state index < -0.39 is 0 Å². The van der Waals surface area contributed by atoms with Gasteiger partial charge in [-0.2, -0.15) is 4.98 Å². The van der Waals surface area contributed by atoms with Crippen LogP contribution in [0.25, 0.3) is 16.7 Å². The van der Waals surface area contributed by atoms with E-state index in [4.69, 9.17) is 12.2 Å². The first-order valence-corrected chi connectivity index (χ1v) is 9.53. The molecule has 27 heavy (non-hydrogen) atoms. The van der Waals surface area contributed by atoms with Crippen molar-refractivity contribution in [2.75, 3.05) is 18.8 Å². The number of rotatable bonds is 3. The van der Waals surface area contributed by atoms with Gasteiger partial charge in [-0.15, -0.1) is 6.42 Å². The number of aromatic nitrogens is 4. The smallest absolute Gasteiger partial charge is 0.221 e. The van der Waals surface area contributed by atoms with Gasteiger partial charge in [0.15, 0.2) is 0 Å². The zero-order chi connectivity index (χ0) is 18.4. The van der Waals surface area contributed by atoms with Crippen molar-refractivity contribution in [2.45, 2.75) is 37.6 Å². The van der Waals surface area contributed by atoms with Gasteiger partial charge >= 0.3 is 0 Å². The monoisotopic (exact) mass is 358 g/mol. The van der Waals surface area contributed by atoms with Gasteiger partial charge in [0.25, 0.3) is 0 Å². The second kappa shape index (κ2) is 6.36. The van der Waals surface area contributed by atoms with Crippen molar-refractivity contribution in [3.63, 3.8) is 0 Å². The van der Waals surface area contributed by atoms with Crippen molar-refractivity contribution in [1.82, 2.24) is 24.4 Å². The second-order valence-corrected chi connectivity index (χ2v) is 7.50. The van der Waals surface area contributed by atoms with E-state index in [1.165, 1.54) is 44.3 Å². The number of fused-ring (bicyclic) bond motifs is 1. The Morgan fingerprint density at radius 3 is 2.67 bits per heavy atom. The van der Waals surface area contributed by atoms with Crippen LogP contribution in [0.2, 0.25) is 0 Å². The summed E-state index contributed by atoms with van der Waals surface area (Å²) in [4.78, 5) is 15.5. The molecule has 6 nitrogen and oxygen atoms in total. The number of likely N-dealkylation sites (tertiary alicyclic amines) is 1. The van der Waals surface area contributed by atoms with Crippen LogP contribution in [-0.2, 0) is 0 Å². The van der Waals surface area contributed by atoms with E-state index >= 15 is 0 Å². The number of anilines is 1. The summed E-state index contributed by atoms with van der Waals surface area (Å²) < 4.78 is 2.07. The fraction of sp³-hybridized carbons (Fsp3) is 0.381. The van der Waals surface area contributed by atoms with Crippen LogP contribution in [0.3, 0.4) is 0 Å². The lowest BCUT2D eigenvalue weighted by atomic mass is 9.89. The molecule has 1 saturated heterocycles. The molecule has 0 radical (unpaired) electrons. The molecule has 3 aromatic rings. The molecule has 1 aliphatic carbocycles. The van der Waals surface area contributed by atoms with Gasteiger partial charge in [-0.05, 0) is 62.4 Å². The van der Waals surface area contributed by atoms with Crippen LogP contribution in [0.1, 0.15) is 42.9 Å². The lowest BCUT2D eigenvalue weighted by Crippen LogP contribution is -2.34. The standard InChI is InChI=1S/C21H22N6/c1-2-15-11-19-17(12-24-15)18(13-27(19)20-5-8-23-21(22)25-20)14-6-9-26(10-7-14)16-3-4-16/h1,5,8,11-14,16H,3-4,6-7,9-10H2,(H2,22,23,25). The highest BCUT2D eigenvalue weighted by molar-refractivity contribution is 5.86. The number of nitrogen functional groups attached to an aromatic ring is 1. The van der Waals surface area contributed by atoms with Gasteiger partial charge in [-0.3, -0.25) is 0 Å². The number of piperidine rings is 1. The van der Waals surface area contributed by atoms with E-state index in [9.17, 15) is 0 Å². The molecule has 2 aliphatic rings. The molecule has 3 aromatic heterocycles. The van der Waals surface area contributed by atoms with Gasteiger partial charge < -0.3 is 15.2 Å². The molecule has 0 unspecified atom stereocenters. The summed E-state index contributed by atoms with van der Waals surface area (Å²) >= 11 is 0. The Morgan fingerprint density at radius 2 is 1.96 bits per heavy atom. The maximum absolute atomic E-state index is 5.81. The van der Waals surface area contributed by atoms with Crippen LogP contribution in [0.4, 0.5) is 5.95 Å². The van der Waals surface area contributed by atoms with E-state index in [-0.39, 0.29) is 5.95 Å². The van der Waals surface area contributed by atoms with E-state index in [2.05, 4.69) is 36.5 Å². The molecule has 2 fully saturated rings. The highest BCUT2D eigenvalue weighted by atomic mass is 15.2. The van der Waals surface area contributed by atoms with E-state index in [1.54, 1.807) is 6.20 Å². The van der Waals surface area contributed by atoms with E-state index in [1.807, 2.05) is 18.3 Å². The fourth-order valence-corrected chi connectivity index (χ4v) is 4.25. The number of pyridine rings is 1. The third-order valence-corrected chi connectivity index (χ3v) is 5.81. The normalized spacial score (nSPS) is 18.6. The van der Waals surface area contributed by atoms with Gasteiger partial charge in [0, 0.05) is 30.0 Å². The molecule has 136 valence electrons. The Kier molecular flexibility index (Phi) is 3.83.